The molecular weight excluding hydrogens is 472 g/mol. The summed E-state index contributed by atoms with van der Waals surface area (Å²) in [6, 6.07) is 2.32. The van der Waals surface area contributed by atoms with E-state index in [0.717, 1.165) is 63.9 Å². The van der Waals surface area contributed by atoms with Gasteiger partial charge in [0.05, 0.1) is 24.7 Å². The summed E-state index contributed by atoms with van der Waals surface area (Å²) < 4.78 is 35.9. The van der Waals surface area contributed by atoms with Gasteiger partial charge in [-0.3, -0.25) is 4.79 Å². The number of hydrogen-bond donors (Lipinski definition) is 0. The summed E-state index contributed by atoms with van der Waals surface area (Å²) in [5.41, 5.74) is -1.79. The van der Waals surface area contributed by atoms with E-state index in [1.165, 1.54) is 13.0 Å². The first-order chi connectivity index (χ1) is 17.6. The Bertz CT molecular complexity index is 987. The van der Waals surface area contributed by atoms with E-state index in [2.05, 4.69) is 11.0 Å². The van der Waals surface area contributed by atoms with Crippen molar-refractivity contribution in [3.63, 3.8) is 0 Å². The van der Waals surface area contributed by atoms with Crippen molar-refractivity contribution in [1.29, 1.82) is 5.26 Å². The Hall–Kier alpha value is -2.30. The van der Waals surface area contributed by atoms with E-state index in [4.69, 9.17) is 4.74 Å². The molecule has 0 aromatic rings. The van der Waals surface area contributed by atoms with Gasteiger partial charge in [0.15, 0.2) is 0 Å². The molecule has 5 nitrogen and oxygen atoms in total. The van der Waals surface area contributed by atoms with Crippen LogP contribution in [0.25, 0.3) is 0 Å². The van der Waals surface area contributed by atoms with Gasteiger partial charge < -0.3 is 14.5 Å². The molecule has 0 N–H and O–H groups in total. The zero-order chi connectivity index (χ0) is 26.6. The molecule has 0 spiro atoms. The van der Waals surface area contributed by atoms with Gasteiger partial charge in [0.25, 0.3) is 5.91 Å². The zero-order valence-corrected chi connectivity index (χ0v) is 22.5. The van der Waals surface area contributed by atoms with E-state index in [1.54, 1.807) is 26.0 Å². The van der Waals surface area contributed by atoms with Crippen LogP contribution in [0.4, 0.5) is 8.78 Å². The van der Waals surface area contributed by atoms with Crippen LogP contribution >= 0.6 is 0 Å². The third-order valence-corrected chi connectivity index (χ3v) is 7.95. The second-order valence-electron chi connectivity index (χ2n) is 11.9. The van der Waals surface area contributed by atoms with Crippen molar-refractivity contribution in [2.24, 2.45) is 17.8 Å². The fourth-order valence-corrected chi connectivity index (χ4v) is 5.93. The fraction of sp³-hybridized carbons (Fsp3) is 0.667. The van der Waals surface area contributed by atoms with E-state index in [0.29, 0.717) is 24.6 Å². The monoisotopic (exact) mass is 513 g/mol. The van der Waals surface area contributed by atoms with Gasteiger partial charge in [-0.1, -0.05) is 30.4 Å². The normalized spacial score (nSPS) is 31.6. The van der Waals surface area contributed by atoms with Crippen molar-refractivity contribution in [3.05, 3.63) is 47.6 Å². The lowest BCUT2D eigenvalue weighted by atomic mass is 9.76. The Morgan fingerprint density at radius 1 is 1.16 bits per heavy atom. The highest BCUT2D eigenvalue weighted by Gasteiger charge is 2.38. The van der Waals surface area contributed by atoms with Crippen LogP contribution in [0.1, 0.15) is 52.9 Å². The number of likely N-dealkylation sites (tertiary alicyclic amines) is 2. The van der Waals surface area contributed by atoms with Crippen molar-refractivity contribution < 1.29 is 18.3 Å². The molecule has 2 heterocycles. The molecule has 2 fully saturated rings. The predicted molar refractivity (Wildman–Crippen MR) is 141 cm³/mol. The van der Waals surface area contributed by atoms with Crippen molar-refractivity contribution in [2.75, 3.05) is 39.3 Å². The molecule has 0 aromatic heterocycles. The van der Waals surface area contributed by atoms with Gasteiger partial charge in [-0.05, 0) is 83.5 Å². The molecule has 37 heavy (non-hydrogen) atoms. The third kappa shape index (κ3) is 7.18. The lowest BCUT2D eigenvalue weighted by Gasteiger charge is -2.35. The van der Waals surface area contributed by atoms with Gasteiger partial charge >= 0.3 is 0 Å². The standard InChI is InChI=1S/C30H41F2N3O2/c1-29(2,31)21-34-15-11-22(12-16-34)20-37-27-10-8-23(17-25(27)19-33)26-9-7-24(18-30(26,3)32)28(36)35-13-5-4-6-14-35/h7-10,17-18,22,25-27H,4-6,11-16,20-21H2,1-3H3. The fourth-order valence-electron chi connectivity index (χ4n) is 5.93. The first kappa shape index (κ1) is 27.7. The van der Waals surface area contributed by atoms with Crippen LogP contribution in [-0.4, -0.2) is 72.5 Å². The van der Waals surface area contributed by atoms with Crippen LogP contribution in [0.2, 0.25) is 0 Å². The second kappa shape index (κ2) is 11.6. The number of carbonyl (C=O) groups is 1. The molecule has 0 aromatic carbocycles. The maximum absolute atomic E-state index is 15.8. The molecule has 7 heteroatoms. The molecule has 2 aliphatic carbocycles. The van der Waals surface area contributed by atoms with E-state index >= 15 is 4.39 Å². The van der Waals surface area contributed by atoms with Crippen LogP contribution in [-0.2, 0) is 9.53 Å². The highest BCUT2D eigenvalue weighted by molar-refractivity contribution is 5.96. The molecular formula is C30H41F2N3O2. The quantitative estimate of drug-likeness (QED) is 0.462. The number of rotatable bonds is 7. The Labute approximate surface area is 220 Å². The van der Waals surface area contributed by atoms with Crippen molar-refractivity contribution in [3.8, 4) is 6.07 Å². The molecule has 0 saturated carbocycles. The Kier molecular flexibility index (Phi) is 8.70. The summed E-state index contributed by atoms with van der Waals surface area (Å²) in [6.45, 7) is 8.88. The minimum atomic E-state index is -1.73. The van der Waals surface area contributed by atoms with Gasteiger partial charge in [-0.2, -0.15) is 5.26 Å². The number of nitriles is 1. The number of ether oxygens (including phenoxy) is 1. The Morgan fingerprint density at radius 2 is 1.86 bits per heavy atom. The molecule has 1 amide bonds. The highest BCUT2D eigenvalue weighted by atomic mass is 19.1. The maximum atomic E-state index is 15.8. The first-order valence-electron chi connectivity index (χ1n) is 13.8. The number of halogens is 2. The van der Waals surface area contributed by atoms with Crippen molar-refractivity contribution >= 4 is 5.91 Å². The van der Waals surface area contributed by atoms with E-state index < -0.39 is 23.2 Å². The van der Waals surface area contributed by atoms with Gasteiger partial charge in [0.2, 0.25) is 0 Å². The van der Waals surface area contributed by atoms with Crippen LogP contribution in [0, 0.1) is 29.1 Å². The van der Waals surface area contributed by atoms with Crippen molar-refractivity contribution in [1.82, 2.24) is 9.80 Å². The Morgan fingerprint density at radius 3 is 2.49 bits per heavy atom. The first-order valence-corrected chi connectivity index (χ1v) is 13.8. The smallest absolute Gasteiger partial charge is 0.253 e. The van der Waals surface area contributed by atoms with Crippen LogP contribution in [0.15, 0.2) is 47.6 Å². The number of carbonyl (C=O) groups excluding carboxylic acids is 1. The lowest BCUT2D eigenvalue weighted by Crippen LogP contribution is -2.42. The number of nitrogens with zero attached hydrogens (tertiary/aromatic N) is 3. The van der Waals surface area contributed by atoms with Gasteiger partial charge in [0.1, 0.15) is 11.3 Å². The average Bonchev–Trinajstić information content (AvgIpc) is 2.87. The van der Waals surface area contributed by atoms with Gasteiger partial charge in [-0.15, -0.1) is 0 Å². The Balaban J connectivity index is 1.32. The predicted octanol–water partition coefficient (Wildman–Crippen LogP) is 5.32. The highest BCUT2D eigenvalue weighted by Crippen LogP contribution is 2.39. The van der Waals surface area contributed by atoms with Crippen LogP contribution in [0.5, 0.6) is 0 Å². The topological polar surface area (TPSA) is 56.6 Å². The molecule has 4 atom stereocenters. The SMILES string of the molecule is CC(C)(F)CN1CCC(COC2C=CC(C3C=CC(C(=O)N4CCCCC4)=CC3(C)F)=CC2C#N)CC1. The lowest BCUT2D eigenvalue weighted by molar-refractivity contribution is -0.127. The molecule has 0 bridgehead atoms. The van der Waals surface area contributed by atoms with Crippen LogP contribution < -0.4 is 0 Å². The number of piperidine rings is 2. The summed E-state index contributed by atoms with van der Waals surface area (Å²) in [7, 11) is 0. The largest absolute Gasteiger partial charge is 0.372 e. The summed E-state index contributed by atoms with van der Waals surface area (Å²) in [5.74, 6) is -0.790. The minimum absolute atomic E-state index is 0.103. The summed E-state index contributed by atoms with van der Waals surface area (Å²) in [6.07, 6.45) is 15.1. The van der Waals surface area contributed by atoms with E-state index in [9.17, 15) is 14.4 Å². The van der Waals surface area contributed by atoms with Gasteiger partial charge in [0, 0.05) is 31.1 Å². The third-order valence-electron chi connectivity index (χ3n) is 7.95. The molecule has 2 aliphatic heterocycles. The van der Waals surface area contributed by atoms with Crippen molar-refractivity contribution in [2.45, 2.75) is 70.3 Å². The molecule has 4 rings (SSSR count). The van der Waals surface area contributed by atoms with E-state index in [1.807, 2.05) is 23.1 Å². The maximum Gasteiger partial charge on any atom is 0.253 e. The average molecular weight is 514 g/mol. The van der Waals surface area contributed by atoms with E-state index in [-0.39, 0.29) is 12.0 Å². The zero-order valence-electron chi connectivity index (χ0n) is 22.5. The summed E-state index contributed by atoms with van der Waals surface area (Å²) in [4.78, 5) is 16.9. The second-order valence-corrected chi connectivity index (χ2v) is 11.9. The molecule has 202 valence electrons. The summed E-state index contributed by atoms with van der Waals surface area (Å²) in [5, 5.41) is 9.82. The molecule has 4 unspecified atom stereocenters. The number of allylic oxidation sites excluding steroid dienone is 4. The van der Waals surface area contributed by atoms with Gasteiger partial charge in [-0.25, -0.2) is 8.78 Å². The molecule has 4 aliphatic rings. The van der Waals surface area contributed by atoms with Crippen LogP contribution in [0.3, 0.4) is 0 Å². The summed E-state index contributed by atoms with van der Waals surface area (Å²) >= 11 is 0. The molecule has 2 saturated heterocycles. The number of amides is 1. The number of alkyl halides is 2. The molecule has 0 radical (unpaired) electrons. The minimum Gasteiger partial charge on any atom is -0.372 e. The number of hydrogen-bond acceptors (Lipinski definition) is 4.